The van der Waals surface area contributed by atoms with Gasteiger partial charge in [0.2, 0.25) is 35.7 Å². The third kappa shape index (κ3) is 23.0. The molecule has 10 aromatic heterocycles. The zero-order chi connectivity index (χ0) is 105. The molecule has 1 atom stereocenters. The standard InChI is InChI=1S/C19H18ClF2N5O3.C18H18F3N5O4.C17H16F3N5O3.C17H17F2N5O4.C16H15F2N5O3.4H2/c1-10(19(2,21)22)12-6-5-11(7-13(12)20)24-14(28)8-27-9-23-16-15(27)17(29)26(4)18(30)25(16)3;1-10(19)18(20,21)30-12-6-4-11(5-7-12)23-13(27)8-26-9-22-15-14(26)16(28)25(3)17(29)24(15)2;1-9-4-5-10(6-11(9)17(18,19)20)22-12(26)7-25-8-21-14-13(25)15(27)24(3)16(28)23(14)2;1-17(18,19)28-11-6-4-10(5-7-11)21-12(25)8-24-9-20-14-13(24)15(26)23(3)16(27)22(14)2;1-8-10(17)4-9(5-11(8)18)20-12(24)6-23-7-19-14-13(23)15(25)22(3)16(26)21(14)2;;;;/h5-7,9H,1,8H2,2-4H3,(H,24,28);4-7,9-10H,8H2,1-3H3,(H,23,27);4-6,8H,7H2,1-3H3,(H,22,26);4-7,9H,8H2,1-3H3,(H,21,25);4-5,7H,6H2,1-3H3,(H,20,24);4*1H. The molecule has 0 aliphatic carbocycles. The molecule has 0 aliphatic heterocycles. The van der Waals surface area contributed by atoms with Gasteiger partial charge in [0, 0.05) is 135 Å². The van der Waals surface area contributed by atoms with Gasteiger partial charge in [-0.1, -0.05) is 30.3 Å². The van der Waals surface area contributed by atoms with Crippen molar-refractivity contribution in [3.05, 3.63) is 278 Å². The maximum absolute atomic E-state index is 13.6. The number of rotatable bonds is 22. The van der Waals surface area contributed by atoms with Crippen LogP contribution in [0.3, 0.4) is 0 Å². The lowest BCUT2D eigenvalue weighted by Gasteiger charge is -2.19. The van der Waals surface area contributed by atoms with E-state index in [1.165, 1.54) is 228 Å². The quantitative estimate of drug-likeness (QED) is 0.0402. The summed E-state index contributed by atoms with van der Waals surface area (Å²) in [6.07, 6.45) is -7.99. The molecule has 758 valence electrons. The topological polar surface area (TPSA) is 473 Å². The van der Waals surface area contributed by atoms with Crippen LogP contribution in [0, 0.1) is 25.5 Å². The smallest absolute Gasteiger partial charge is 0.429 e. The van der Waals surface area contributed by atoms with Crippen LogP contribution < -0.4 is 92.3 Å². The molecule has 142 heavy (non-hydrogen) atoms. The van der Waals surface area contributed by atoms with Gasteiger partial charge in [-0.25, -0.2) is 70.8 Å². The second kappa shape index (κ2) is 41.3. The molecule has 42 nitrogen and oxygen atoms in total. The van der Waals surface area contributed by atoms with E-state index in [0.29, 0.717) is 19.5 Å². The van der Waals surface area contributed by atoms with E-state index in [-0.39, 0.29) is 150 Å². The van der Waals surface area contributed by atoms with Crippen molar-refractivity contribution in [3.8, 4) is 11.5 Å². The average molecular weight is 2020 g/mol. The van der Waals surface area contributed by atoms with Gasteiger partial charge >= 0.3 is 46.8 Å². The van der Waals surface area contributed by atoms with Crippen LogP contribution in [-0.4, -0.2) is 147 Å². The van der Waals surface area contributed by atoms with E-state index < -0.39 is 139 Å². The van der Waals surface area contributed by atoms with Crippen LogP contribution in [0.15, 0.2) is 183 Å². The zero-order valence-electron chi connectivity index (χ0n) is 77.2. The Morgan fingerprint density at radius 1 is 0.387 bits per heavy atom. The van der Waals surface area contributed by atoms with E-state index in [1.54, 1.807) is 0 Å². The highest BCUT2D eigenvalue weighted by atomic mass is 35.5. The molecular formula is C87H92ClF12N25O17. The number of amides is 5. The number of halogens is 13. The van der Waals surface area contributed by atoms with Crippen LogP contribution in [0.5, 0.6) is 11.5 Å². The van der Waals surface area contributed by atoms with Gasteiger partial charge < -0.3 is 58.9 Å². The lowest BCUT2D eigenvalue weighted by atomic mass is 10.0. The maximum Gasteiger partial charge on any atom is 0.429 e. The largest absolute Gasteiger partial charge is 0.433 e. The van der Waals surface area contributed by atoms with E-state index in [0.717, 1.165) is 60.1 Å². The number of anilines is 5. The van der Waals surface area contributed by atoms with Crippen molar-refractivity contribution < 1.29 is 91.8 Å². The third-order valence-electron chi connectivity index (χ3n) is 21.4. The Morgan fingerprint density at radius 2 is 0.648 bits per heavy atom. The van der Waals surface area contributed by atoms with Gasteiger partial charge in [-0.05, 0) is 111 Å². The number of ether oxygens (including phenoxy) is 2. The summed E-state index contributed by atoms with van der Waals surface area (Å²) in [6.45, 7) is 6.55. The van der Waals surface area contributed by atoms with Crippen LogP contribution in [0.4, 0.5) is 81.1 Å². The van der Waals surface area contributed by atoms with Crippen molar-refractivity contribution >= 4 is 131 Å². The number of imidazole rings is 5. The molecule has 0 aliphatic rings. The fraction of sp³-hybridized carbons (Fsp3) is 0.287. The number of alkyl halides is 10. The van der Waals surface area contributed by atoms with Crippen LogP contribution >= 0.6 is 11.6 Å². The van der Waals surface area contributed by atoms with Crippen molar-refractivity contribution in [2.24, 2.45) is 70.5 Å². The van der Waals surface area contributed by atoms with Crippen LogP contribution in [-0.2, 0) is 133 Å². The van der Waals surface area contributed by atoms with Gasteiger partial charge in [0.15, 0.2) is 55.8 Å². The number of nitrogens with zero attached hydrogens (tertiary/aromatic N) is 20. The van der Waals surface area contributed by atoms with Crippen molar-refractivity contribution in [3.63, 3.8) is 0 Å². The fourth-order valence-corrected chi connectivity index (χ4v) is 14.1. The summed E-state index contributed by atoms with van der Waals surface area (Å²) in [7, 11) is 13.9. The molecule has 5 N–H and O–H groups in total. The number of fused-ring (bicyclic) bond motifs is 5. The number of carbonyl (C=O) groups excluding carboxylic acids is 5. The maximum atomic E-state index is 13.6. The van der Waals surface area contributed by atoms with E-state index in [1.807, 2.05) is 0 Å². The Kier molecular flexibility index (Phi) is 30.7. The van der Waals surface area contributed by atoms with Gasteiger partial charge in [-0.2, -0.15) is 30.7 Å². The number of benzene rings is 5. The first-order valence-electron chi connectivity index (χ1n) is 41.2. The summed E-state index contributed by atoms with van der Waals surface area (Å²) >= 11 is 6.07. The molecule has 0 radical (unpaired) electrons. The highest BCUT2D eigenvalue weighted by molar-refractivity contribution is 6.32. The summed E-state index contributed by atoms with van der Waals surface area (Å²) in [5.74, 6) is -7.77. The summed E-state index contributed by atoms with van der Waals surface area (Å²) < 4.78 is 184. The Balaban J connectivity index is 0.000000246. The minimum atomic E-state index is -4.54. The van der Waals surface area contributed by atoms with Crippen molar-refractivity contribution in [2.75, 3.05) is 26.6 Å². The molecule has 5 aromatic carbocycles. The van der Waals surface area contributed by atoms with Gasteiger partial charge in [-0.3, -0.25) is 93.6 Å². The number of hydrogen-bond donors (Lipinski definition) is 5. The first kappa shape index (κ1) is 105. The molecule has 0 bridgehead atoms. The zero-order valence-corrected chi connectivity index (χ0v) is 78.0. The Morgan fingerprint density at radius 3 is 0.915 bits per heavy atom. The monoisotopic (exact) mass is 2020 g/mol. The second-order valence-electron chi connectivity index (χ2n) is 31.9. The summed E-state index contributed by atoms with van der Waals surface area (Å²) in [4.78, 5) is 203. The number of aryl methyl sites for hydroxylation is 6. The Hall–Kier alpha value is -17.0. The van der Waals surface area contributed by atoms with Crippen molar-refractivity contribution in [1.29, 1.82) is 0 Å². The van der Waals surface area contributed by atoms with E-state index in [2.05, 4.69) is 67.6 Å². The Bertz CT molecular complexity index is 8250. The van der Waals surface area contributed by atoms with Gasteiger partial charge in [0.1, 0.15) is 55.9 Å². The number of hydrogen-bond acceptors (Lipinski definition) is 22. The molecule has 0 spiro atoms. The first-order chi connectivity index (χ1) is 66.2. The SMILES string of the molecule is C=C(c1ccc(NC(=O)Cn2cnc3c2c(=O)n(C)c(=O)n3C)cc1Cl)C(C)(F)F.CC(F)C(F)(F)Oc1ccc(NC(=O)Cn2cnc3c2c(=O)n(C)c(=O)n3C)cc1.Cc1c(F)cc(NC(=O)Cn2cnc3c2c(=O)n(C)c(=O)n3C)cc1F.Cc1ccc(NC(=O)Cn2cnc3c2c(=O)n(C)c(=O)n3C)cc1C(F)(F)F.Cn1c(=O)c2c(ncn2CC(=O)Nc2ccc(OC(C)(F)F)cc2)n(C)c1=O.[HH].[HH].[HH].[HH]. The predicted octanol–water partition coefficient (Wildman–Crippen LogP) is 7.90. The predicted molar refractivity (Wildman–Crippen MR) is 501 cm³/mol. The number of nitrogens with one attached hydrogen (secondary N) is 5. The number of aromatic nitrogens is 20. The molecule has 0 saturated heterocycles. The van der Waals surface area contributed by atoms with Crippen LogP contribution in [0.1, 0.15) is 48.7 Å². The fourth-order valence-electron chi connectivity index (χ4n) is 13.8. The summed E-state index contributed by atoms with van der Waals surface area (Å²) in [5, 5.41) is 12.5. The lowest BCUT2D eigenvalue weighted by Crippen LogP contribution is -2.37. The van der Waals surface area contributed by atoms with Crippen LogP contribution in [0.25, 0.3) is 61.4 Å². The van der Waals surface area contributed by atoms with E-state index in [9.17, 15) is 125 Å². The third-order valence-corrected chi connectivity index (χ3v) is 21.8. The number of carbonyl (C=O) groups is 5. The van der Waals surface area contributed by atoms with Crippen molar-refractivity contribution in [1.82, 2.24) is 93.4 Å². The van der Waals surface area contributed by atoms with Gasteiger partial charge in [-0.15, -0.1) is 0 Å². The summed E-state index contributed by atoms with van der Waals surface area (Å²) in [5.41, 5.74) is -4.99. The molecule has 15 aromatic rings. The summed E-state index contributed by atoms with van der Waals surface area (Å²) in [6, 6.07) is 19.9. The van der Waals surface area contributed by atoms with E-state index >= 15 is 0 Å². The second-order valence-corrected chi connectivity index (χ2v) is 32.3. The Labute approximate surface area is 797 Å². The highest BCUT2D eigenvalue weighted by Crippen LogP contribution is 2.37. The average Bonchev–Trinajstić information content (AvgIpc) is 1.63. The van der Waals surface area contributed by atoms with Crippen LogP contribution in [0.2, 0.25) is 5.02 Å². The molecular weight excluding hydrogens is 1930 g/mol. The molecule has 5 amide bonds. The molecule has 10 heterocycles. The molecule has 0 fully saturated rings. The minimum absolute atomic E-state index is 0. The highest BCUT2D eigenvalue weighted by Gasteiger charge is 2.40. The van der Waals surface area contributed by atoms with E-state index in [4.69, 9.17) is 11.6 Å². The van der Waals surface area contributed by atoms with Gasteiger partial charge in [0.25, 0.3) is 33.7 Å². The molecule has 55 heteroatoms. The molecule has 0 saturated carbocycles. The minimum Gasteiger partial charge on any atom is -0.433 e. The molecule has 1 unspecified atom stereocenters. The molecule has 15 rings (SSSR count). The number of allylic oxidation sites excluding steroid dienone is 1. The lowest BCUT2D eigenvalue weighted by molar-refractivity contribution is -0.215. The van der Waals surface area contributed by atoms with Crippen molar-refractivity contribution in [2.45, 2.75) is 97.8 Å². The first-order valence-corrected chi connectivity index (χ1v) is 41.6. The normalized spacial score (nSPS) is 11.8. The van der Waals surface area contributed by atoms with Gasteiger partial charge in [0.05, 0.1) is 42.2 Å².